The van der Waals surface area contributed by atoms with E-state index >= 15 is 0 Å². The number of carbonyl (C=O) groups excluding carboxylic acids is 1. The van der Waals surface area contributed by atoms with Crippen LogP contribution in [0.15, 0.2) is 58.5 Å². The van der Waals surface area contributed by atoms with Crippen molar-refractivity contribution in [2.75, 3.05) is 7.11 Å². The smallest absolute Gasteiger partial charge is 0.323 e. The number of benzene rings is 2. The molecule has 1 unspecified atom stereocenters. The Hall–Kier alpha value is -2.31. The van der Waals surface area contributed by atoms with Gasteiger partial charge < -0.3 is 4.74 Å². The van der Waals surface area contributed by atoms with Gasteiger partial charge in [0.05, 0.1) is 18.0 Å². The lowest BCUT2D eigenvalue weighted by molar-refractivity contribution is -0.140. The van der Waals surface area contributed by atoms with Crippen LogP contribution in [0, 0.1) is 0 Å². The molecular weight excluding hydrogens is 372 g/mol. The molecule has 0 radical (unpaired) electrons. The van der Waals surface area contributed by atoms with Crippen LogP contribution in [0.25, 0.3) is 10.9 Å². The number of aromatic nitrogens is 2. The molecule has 5 nitrogen and oxygen atoms in total. The Balaban J connectivity index is 2.12. The first-order chi connectivity index (χ1) is 12.5. The number of esters is 1. The number of ether oxygens (including phenoxy) is 1. The van der Waals surface area contributed by atoms with E-state index in [0.717, 1.165) is 5.56 Å². The summed E-state index contributed by atoms with van der Waals surface area (Å²) in [6.45, 7) is 2.29. The molecule has 134 valence electrons. The van der Waals surface area contributed by atoms with Gasteiger partial charge in [-0.05, 0) is 30.7 Å². The lowest BCUT2D eigenvalue weighted by atomic mass is 10.1. The van der Waals surface area contributed by atoms with Crippen LogP contribution in [0.5, 0.6) is 0 Å². The molecule has 0 saturated heterocycles. The monoisotopic (exact) mass is 388 g/mol. The summed E-state index contributed by atoms with van der Waals surface area (Å²) in [5.41, 5.74) is 1.15. The molecule has 0 bridgehead atoms. The fraction of sp³-hybridized carbons (Fsp3) is 0.211. The highest BCUT2D eigenvalue weighted by Gasteiger charge is 2.25. The van der Waals surface area contributed by atoms with Gasteiger partial charge in [-0.15, -0.1) is 0 Å². The maximum absolute atomic E-state index is 12.8. The van der Waals surface area contributed by atoms with Gasteiger partial charge in [-0.3, -0.25) is 14.2 Å². The van der Waals surface area contributed by atoms with Gasteiger partial charge in [-0.2, -0.15) is 0 Å². The molecule has 0 spiro atoms. The predicted octanol–water partition coefficient (Wildman–Crippen LogP) is 4.08. The van der Waals surface area contributed by atoms with Crippen molar-refractivity contribution in [2.45, 2.75) is 23.9 Å². The Morgan fingerprint density at radius 1 is 1.27 bits per heavy atom. The topological polar surface area (TPSA) is 61.2 Å². The Labute approximate surface area is 160 Å². The minimum absolute atomic E-state index is 0.181. The maximum atomic E-state index is 12.8. The number of fused-ring (bicyclic) bond motifs is 1. The van der Waals surface area contributed by atoms with E-state index in [4.69, 9.17) is 16.3 Å². The molecule has 0 fully saturated rings. The van der Waals surface area contributed by atoms with Crippen molar-refractivity contribution in [2.24, 2.45) is 0 Å². The molecule has 3 rings (SSSR count). The average Bonchev–Trinajstić information content (AvgIpc) is 2.67. The fourth-order valence-electron chi connectivity index (χ4n) is 2.63. The second-order valence-electron chi connectivity index (χ2n) is 5.54. The van der Waals surface area contributed by atoms with E-state index in [1.807, 2.05) is 37.3 Å². The number of thioether (sulfide) groups is 1. The number of rotatable bonds is 5. The van der Waals surface area contributed by atoms with E-state index in [9.17, 15) is 9.59 Å². The van der Waals surface area contributed by atoms with Crippen molar-refractivity contribution in [1.82, 2.24) is 9.55 Å². The zero-order valence-electron chi connectivity index (χ0n) is 14.3. The first kappa shape index (κ1) is 18.5. The van der Waals surface area contributed by atoms with Crippen LogP contribution < -0.4 is 5.56 Å². The van der Waals surface area contributed by atoms with Crippen LogP contribution in [0.4, 0.5) is 0 Å². The summed E-state index contributed by atoms with van der Waals surface area (Å²) in [4.78, 5) is 29.7. The lowest BCUT2D eigenvalue weighted by Crippen LogP contribution is -2.23. The normalized spacial score (nSPS) is 12.1. The molecule has 1 aromatic heterocycles. The van der Waals surface area contributed by atoms with Crippen molar-refractivity contribution in [3.05, 3.63) is 69.5 Å². The van der Waals surface area contributed by atoms with Gasteiger partial charge in [-0.1, -0.05) is 53.7 Å². The van der Waals surface area contributed by atoms with Crippen LogP contribution >= 0.6 is 23.4 Å². The molecule has 0 aliphatic rings. The first-order valence-corrected chi connectivity index (χ1v) is 9.30. The van der Waals surface area contributed by atoms with Crippen LogP contribution in [-0.2, 0) is 16.1 Å². The zero-order chi connectivity index (χ0) is 18.7. The van der Waals surface area contributed by atoms with Crippen molar-refractivity contribution >= 4 is 40.2 Å². The molecule has 0 aliphatic carbocycles. The maximum Gasteiger partial charge on any atom is 0.323 e. The van der Waals surface area contributed by atoms with Crippen molar-refractivity contribution < 1.29 is 9.53 Å². The number of hydrogen-bond acceptors (Lipinski definition) is 5. The van der Waals surface area contributed by atoms with Gasteiger partial charge in [0.2, 0.25) is 0 Å². The number of nitrogens with zero attached hydrogens (tertiary/aromatic N) is 2. The second kappa shape index (κ2) is 7.93. The molecule has 1 atom stereocenters. The number of methoxy groups -OCH3 is 1. The molecule has 0 saturated carbocycles. The van der Waals surface area contributed by atoms with Crippen molar-refractivity contribution in [3.8, 4) is 0 Å². The molecule has 26 heavy (non-hydrogen) atoms. The van der Waals surface area contributed by atoms with E-state index < -0.39 is 11.2 Å². The van der Waals surface area contributed by atoms with Gasteiger partial charge in [-0.25, -0.2) is 4.98 Å². The van der Waals surface area contributed by atoms with Crippen molar-refractivity contribution in [3.63, 3.8) is 0 Å². The first-order valence-electron chi connectivity index (χ1n) is 8.04. The highest BCUT2D eigenvalue weighted by molar-refractivity contribution is 8.00. The largest absolute Gasteiger partial charge is 0.468 e. The Morgan fingerprint density at radius 3 is 2.65 bits per heavy atom. The van der Waals surface area contributed by atoms with Crippen LogP contribution in [-0.4, -0.2) is 22.6 Å². The Kier molecular flexibility index (Phi) is 5.64. The summed E-state index contributed by atoms with van der Waals surface area (Å²) in [6, 6.07) is 14.3. The summed E-state index contributed by atoms with van der Waals surface area (Å²) in [5.74, 6) is -0.394. The minimum Gasteiger partial charge on any atom is -0.468 e. The number of halogens is 1. The standard InChI is InChI=1S/C19H17ClN2O3S/c1-3-22-17(23)14-11-13(20)9-10-15(14)21-19(22)26-16(18(24)25-2)12-7-5-4-6-8-12/h4-11,16H,3H2,1-2H3. The average molecular weight is 389 g/mol. The molecule has 3 aromatic rings. The van der Waals surface area contributed by atoms with E-state index in [1.165, 1.54) is 18.9 Å². The Bertz CT molecular complexity index is 1000. The molecular formula is C19H17ClN2O3S. The van der Waals surface area contributed by atoms with Crippen LogP contribution in [0.2, 0.25) is 5.02 Å². The summed E-state index contributed by atoms with van der Waals surface area (Å²) in [5, 5.41) is 0.788. The van der Waals surface area contributed by atoms with E-state index in [0.29, 0.717) is 27.6 Å². The summed E-state index contributed by atoms with van der Waals surface area (Å²) in [7, 11) is 1.35. The molecule has 7 heteroatoms. The predicted molar refractivity (Wildman–Crippen MR) is 104 cm³/mol. The van der Waals surface area contributed by atoms with Gasteiger partial charge >= 0.3 is 5.97 Å². The van der Waals surface area contributed by atoms with Crippen molar-refractivity contribution in [1.29, 1.82) is 0 Å². The van der Waals surface area contributed by atoms with Gasteiger partial charge in [0.25, 0.3) is 5.56 Å². The number of carbonyl (C=O) groups is 1. The van der Waals surface area contributed by atoms with E-state index in [1.54, 1.807) is 22.8 Å². The SMILES string of the molecule is CCn1c(SC(C(=O)OC)c2ccccc2)nc2ccc(Cl)cc2c1=O. The molecule has 0 aliphatic heterocycles. The molecule has 1 heterocycles. The third-order valence-corrected chi connectivity index (χ3v) is 5.40. The Morgan fingerprint density at radius 2 is 2.00 bits per heavy atom. The highest BCUT2D eigenvalue weighted by atomic mass is 35.5. The summed E-state index contributed by atoms with van der Waals surface area (Å²) < 4.78 is 6.50. The van der Waals surface area contributed by atoms with Gasteiger partial charge in [0.15, 0.2) is 5.16 Å². The molecule has 2 aromatic carbocycles. The zero-order valence-corrected chi connectivity index (χ0v) is 15.9. The summed E-state index contributed by atoms with van der Waals surface area (Å²) in [6.07, 6.45) is 0. The highest BCUT2D eigenvalue weighted by Crippen LogP contribution is 2.35. The van der Waals surface area contributed by atoms with Crippen LogP contribution in [0.1, 0.15) is 17.7 Å². The number of hydrogen-bond donors (Lipinski definition) is 0. The second-order valence-corrected chi connectivity index (χ2v) is 7.05. The third kappa shape index (κ3) is 3.61. The molecule has 0 amide bonds. The van der Waals surface area contributed by atoms with Gasteiger partial charge in [0, 0.05) is 11.6 Å². The third-order valence-electron chi connectivity index (χ3n) is 3.94. The molecule has 0 N–H and O–H groups in total. The van der Waals surface area contributed by atoms with E-state index in [-0.39, 0.29) is 5.56 Å². The minimum atomic E-state index is -0.615. The fourth-order valence-corrected chi connectivity index (χ4v) is 3.99. The lowest BCUT2D eigenvalue weighted by Gasteiger charge is -2.17. The van der Waals surface area contributed by atoms with Gasteiger partial charge in [0.1, 0.15) is 5.25 Å². The summed E-state index contributed by atoms with van der Waals surface area (Å²) >= 11 is 7.21. The quantitative estimate of drug-likeness (QED) is 0.374. The van der Waals surface area contributed by atoms with E-state index in [2.05, 4.69) is 4.98 Å². The van der Waals surface area contributed by atoms with Crippen LogP contribution in [0.3, 0.4) is 0 Å².